The lowest BCUT2D eigenvalue weighted by Crippen LogP contribution is -2.48. The molecular weight excluding hydrogens is 210 g/mol. The molecule has 0 radical (unpaired) electrons. The first kappa shape index (κ1) is 14.7. The summed E-state index contributed by atoms with van der Waals surface area (Å²) >= 11 is 0. The largest absolute Gasteiger partial charge is 0.306 e. The first-order chi connectivity index (χ1) is 7.79. The molecule has 2 nitrogen and oxygen atoms in total. The SMILES string of the molecule is CCC(C)(C)C1CCN(C)CC1C(=O)C(C)C. The third kappa shape index (κ3) is 3.31. The van der Waals surface area contributed by atoms with E-state index in [0.717, 1.165) is 19.5 Å². The van der Waals surface area contributed by atoms with Crippen molar-refractivity contribution in [1.29, 1.82) is 0 Å². The van der Waals surface area contributed by atoms with E-state index in [0.29, 0.717) is 11.7 Å². The molecule has 0 aromatic rings. The maximum absolute atomic E-state index is 12.4. The minimum atomic E-state index is 0.168. The Kier molecular flexibility index (Phi) is 4.77. The number of likely N-dealkylation sites (tertiary alicyclic amines) is 1. The van der Waals surface area contributed by atoms with Gasteiger partial charge in [-0.25, -0.2) is 0 Å². The van der Waals surface area contributed by atoms with Crippen LogP contribution in [0.15, 0.2) is 0 Å². The average Bonchev–Trinajstić information content (AvgIpc) is 2.27. The highest BCUT2D eigenvalue weighted by Gasteiger charge is 2.41. The number of hydrogen-bond acceptors (Lipinski definition) is 2. The minimum Gasteiger partial charge on any atom is -0.306 e. The third-order valence-corrected chi connectivity index (χ3v) is 4.67. The predicted molar refractivity (Wildman–Crippen MR) is 73.0 cm³/mol. The van der Waals surface area contributed by atoms with E-state index in [9.17, 15) is 4.79 Å². The van der Waals surface area contributed by atoms with Gasteiger partial charge in [-0.05, 0) is 31.3 Å². The zero-order valence-corrected chi connectivity index (χ0v) is 12.4. The first-order valence-corrected chi connectivity index (χ1v) is 7.02. The van der Waals surface area contributed by atoms with Gasteiger partial charge in [0, 0.05) is 18.4 Å². The summed E-state index contributed by atoms with van der Waals surface area (Å²) in [5.74, 6) is 1.42. The summed E-state index contributed by atoms with van der Waals surface area (Å²) in [6.07, 6.45) is 2.32. The number of nitrogens with zero attached hydrogens (tertiary/aromatic N) is 1. The minimum absolute atomic E-state index is 0.168. The van der Waals surface area contributed by atoms with E-state index >= 15 is 0 Å². The lowest BCUT2D eigenvalue weighted by molar-refractivity contribution is -0.132. The van der Waals surface area contributed by atoms with Crippen LogP contribution in [0.5, 0.6) is 0 Å². The molecule has 1 rings (SSSR count). The van der Waals surface area contributed by atoms with Crippen LogP contribution < -0.4 is 0 Å². The van der Waals surface area contributed by atoms with Gasteiger partial charge in [0.15, 0.2) is 0 Å². The van der Waals surface area contributed by atoms with E-state index in [1.54, 1.807) is 0 Å². The highest BCUT2D eigenvalue weighted by Crippen LogP contribution is 2.41. The van der Waals surface area contributed by atoms with Gasteiger partial charge >= 0.3 is 0 Å². The zero-order valence-electron chi connectivity index (χ0n) is 12.4. The van der Waals surface area contributed by atoms with Gasteiger partial charge in [0.1, 0.15) is 5.78 Å². The maximum Gasteiger partial charge on any atom is 0.140 e. The Morgan fingerprint density at radius 2 is 2.00 bits per heavy atom. The van der Waals surface area contributed by atoms with E-state index < -0.39 is 0 Å². The molecule has 0 N–H and O–H groups in total. The molecule has 0 amide bonds. The van der Waals surface area contributed by atoms with Crippen LogP contribution in [0.1, 0.15) is 47.5 Å². The lowest BCUT2D eigenvalue weighted by Gasteiger charge is -2.44. The monoisotopic (exact) mass is 239 g/mol. The summed E-state index contributed by atoms with van der Waals surface area (Å²) in [5, 5.41) is 0. The second-order valence-electron chi connectivity index (χ2n) is 6.66. The molecule has 0 bridgehead atoms. The highest BCUT2D eigenvalue weighted by atomic mass is 16.1. The van der Waals surface area contributed by atoms with Crippen LogP contribution >= 0.6 is 0 Å². The van der Waals surface area contributed by atoms with Crippen LogP contribution in [0.3, 0.4) is 0 Å². The number of Topliss-reactive ketones (excluding diaryl/α,β-unsaturated/α-hetero) is 1. The number of hydrogen-bond donors (Lipinski definition) is 0. The van der Waals surface area contributed by atoms with Crippen molar-refractivity contribution in [2.24, 2.45) is 23.2 Å². The normalized spacial score (nSPS) is 27.5. The van der Waals surface area contributed by atoms with E-state index in [4.69, 9.17) is 0 Å². The Bertz CT molecular complexity index is 270. The van der Waals surface area contributed by atoms with Gasteiger partial charge in [-0.2, -0.15) is 0 Å². The van der Waals surface area contributed by atoms with Crippen LogP contribution in [0, 0.1) is 23.2 Å². The van der Waals surface area contributed by atoms with Crippen molar-refractivity contribution < 1.29 is 4.79 Å². The van der Waals surface area contributed by atoms with Gasteiger partial charge < -0.3 is 4.90 Å². The van der Waals surface area contributed by atoms with Crippen molar-refractivity contribution in [3.8, 4) is 0 Å². The number of carbonyl (C=O) groups excluding carboxylic acids is 1. The molecule has 0 spiro atoms. The first-order valence-electron chi connectivity index (χ1n) is 7.02. The fraction of sp³-hybridized carbons (Fsp3) is 0.933. The highest BCUT2D eigenvalue weighted by molar-refractivity contribution is 5.83. The summed E-state index contributed by atoms with van der Waals surface area (Å²) in [6, 6.07) is 0. The molecule has 1 fully saturated rings. The third-order valence-electron chi connectivity index (χ3n) is 4.67. The molecule has 0 aliphatic carbocycles. The Morgan fingerprint density at radius 1 is 1.41 bits per heavy atom. The Morgan fingerprint density at radius 3 is 2.47 bits per heavy atom. The van der Waals surface area contributed by atoms with Crippen molar-refractivity contribution >= 4 is 5.78 Å². The number of piperidine rings is 1. The Balaban J connectivity index is 2.89. The molecule has 0 aromatic heterocycles. The van der Waals surface area contributed by atoms with Crippen molar-refractivity contribution in [2.45, 2.75) is 47.5 Å². The van der Waals surface area contributed by atoms with Crippen LogP contribution in [0.2, 0.25) is 0 Å². The quantitative estimate of drug-likeness (QED) is 0.751. The molecule has 2 unspecified atom stereocenters. The van der Waals surface area contributed by atoms with E-state index in [1.807, 2.05) is 13.8 Å². The fourth-order valence-electron chi connectivity index (χ4n) is 3.03. The number of rotatable bonds is 4. The zero-order chi connectivity index (χ0) is 13.2. The van der Waals surface area contributed by atoms with E-state index in [1.165, 1.54) is 6.42 Å². The maximum atomic E-state index is 12.4. The van der Waals surface area contributed by atoms with Gasteiger partial charge in [-0.15, -0.1) is 0 Å². The summed E-state index contributed by atoms with van der Waals surface area (Å²) in [7, 11) is 2.13. The molecule has 17 heavy (non-hydrogen) atoms. The van der Waals surface area contributed by atoms with E-state index in [-0.39, 0.29) is 17.3 Å². The van der Waals surface area contributed by atoms with Crippen molar-refractivity contribution in [2.75, 3.05) is 20.1 Å². The summed E-state index contributed by atoms with van der Waals surface area (Å²) in [4.78, 5) is 14.7. The van der Waals surface area contributed by atoms with Crippen molar-refractivity contribution in [3.05, 3.63) is 0 Å². The average molecular weight is 239 g/mol. The molecule has 2 heteroatoms. The second-order valence-corrected chi connectivity index (χ2v) is 6.66. The molecule has 1 saturated heterocycles. The molecule has 1 heterocycles. The summed E-state index contributed by atoms with van der Waals surface area (Å²) in [5.41, 5.74) is 0.288. The number of ketones is 1. The van der Waals surface area contributed by atoms with Crippen LogP contribution in [-0.2, 0) is 4.79 Å². The van der Waals surface area contributed by atoms with Gasteiger partial charge in [0.25, 0.3) is 0 Å². The molecular formula is C15H29NO. The van der Waals surface area contributed by atoms with Crippen molar-refractivity contribution in [3.63, 3.8) is 0 Å². The lowest BCUT2D eigenvalue weighted by atomic mass is 9.65. The van der Waals surface area contributed by atoms with Gasteiger partial charge in [-0.3, -0.25) is 4.79 Å². The topological polar surface area (TPSA) is 20.3 Å². The summed E-state index contributed by atoms with van der Waals surface area (Å²) in [6.45, 7) is 13.0. The second kappa shape index (κ2) is 5.51. The van der Waals surface area contributed by atoms with Gasteiger partial charge in [0.2, 0.25) is 0 Å². The predicted octanol–water partition coefficient (Wildman–Crippen LogP) is 3.22. The molecule has 0 aromatic carbocycles. The van der Waals surface area contributed by atoms with Crippen LogP contribution in [0.25, 0.3) is 0 Å². The van der Waals surface area contributed by atoms with Gasteiger partial charge in [-0.1, -0.05) is 41.0 Å². The molecule has 0 saturated carbocycles. The smallest absolute Gasteiger partial charge is 0.140 e. The number of carbonyl (C=O) groups is 1. The van der Waals surface area contributed by atoms with Gasteiger partial charge in [0.05, 0.1) is 0 Å². The molecule has 1 aliphatic heterocycles. The molecule has 1 aliphatic rings. The fourth-order valence-corrected chi connectivity index (χ4v) is 3.03. The molecule has 2 atom stereocenters. The van der Waals surface area contributed by atoms with Crippen LogP contribution in [0.4, 0.5) is 0 Å². The van der Waals surface area contributed by atoms with Crippen molar-refractivity contribution in [1.82, 2.24) is 4.90 Å². The summed E-state index contributed by atoms with van der Waals surface area (Å²) < 4.78 is 0. The standard InChI is InChI=1S/C15H29NO/c1-7-15(4,5)13-8-9-16(6)10-12(13)14(17)11(2)3/h11-13H,7-10H2,1-6H3. The molecule has 100 valence electrons. The Hall–Kier alpha value is -0.370. The van der Waals surface area contributed by atoms with E-state index in [2.05, 4.69) is 32.7 Å². The Labute approximate surface area is 107 Å². The van der Waals surface area contributed by atoms with Crippen LogP contribution in [-0.4, -0.2) is 30.8 Å².